The highest BCUT2D eigenvalue weighted by Crippen LogP contribution is 2.20. The van der Waals surface area contributed by atoms with Crippen LogP contribution in [0.15, 0.2) is 72.8 Å². The normalized spacial score (nSPS) is 12.3. The molecule has 182 valence electrons. The van der Waals surface area contributed by atoms with E-state index < -0.39 is 17.9 Å². The van der Waals surface area contributed by atoms with Crippen molar-refractivity contribution in [3.05, 3.63) is 95.3 Å². The molecule has 0 aliphatic rings. The Morgan fingerprint density at radius 2 is 1.76 bits per heavy atom. The van der Waals surface area contributed by atoms with E-state index in [2.05, 4.69) is 5.32 Å². The maximum Gasteiger partial charge on any atom is 0.344 e. The van der Waals surface area contributed by atoms with E-state index in [4.69, 9.17) is 9.47 Å². The van der Waals surface area contributed by atoms with Crippen molar-refractivity contribution in [2.24, 2.45) is 0 Å². The molecule has 3 aromatic carbocycles. The summed E-state index contributed by atoms with van der Waals surface area (Å²) in [5.74, 6) is -0.581. The SMILES string of the molecule is C[C@H](NCCc1ccc(OCC(=O)OCc2ccccc2)cc1F)[C@@H](O)c1ccc(O)cc1.Cl. The van der Waals surface area contributed by atoms with Gasteiger partial charge in [-0.15, -0.1) is 12.4 Å². The van der Waals surface area contributed by atoms with Gasteiger partial charge in [0.1, 0.15) is 23.9 Å². The second kappa shape index (κ2) is 13.5. The first kappa shape index (κ1) is 27.1. The lowest BCUT2D eigenvalue weighted by atomic mass is 10.0. The highest BCUT2D eigenvalue weighted by Gasteiger charge is 2.16. The number of ether oxygens (including phenoxy) is 2. The Morgan fingerprint density at radius 1 is 1.06 bits per heavy atom. The number of rotatable bonds is 11. The van der Waals surface area contributed by atoms with Gasteiger partial charge in [0.25, 0.3) is 0 Å². The Labute approximate surface area is 204 Å². The van der Waals surface area contributed by atoms with Gasteiger partial charge in [0.05, 0.1) is 6.10 Å². The number of halogens is 2. The van der Waals surface area contributed by atoms with Gasteiger partial charge >= 0.3 is 5.97 Å². The van der Waals surface area contributed by atoms with Crippen LogP contribution in [0.3, 0.4) is 0 Å². The maximum atomic E-state index is 14.4. The average Bonchev–Trinajstić information content (AvgIpc) is 2.83. The molecule has 0 bridgehead atoms. The van der Waals surface area contributed by atoms with Gasteiger partial charge < -0.3 is 25.0 Å². The molecular weight excluding hydrogens is 461 g/mol. The maximum absolute atomic E-state index is 14.4. The van der Waals surface area contributed by atoms with E-state index in [1.54, 1.807) is 24.3 Å². The fourth-order valence-electron chi connectivity index (χ4n) is 3.25. The molecule has 0 amide bonds. The third kappa shape index (κ3) is 8.33. The van der Waals surface area contributed by atoms with Crippen molar-refractivity contribution in [1.29, 1.82) is 0 Å². The third-order valence-electron chi connectivity index (χ3n) is 5.19. The lowest BCUT2D eigenvalue weighted by molar-refractivity contribution is -0.147. The molecule has 2 atom stereocenters. The fourth-order valence-corrected chi connectivity index (χ4v) is 3.25. The molecule has 8 heteroatoms. The quantitative estimate of drug-likeness (QED) is 0.347. The minimum Gasteiger partial charge on any atom is -0.508 e. The summed E-state index contributed by atoms with van der Waals surface area (Å²) in [6.45, 7) is 2.14. The number of phenolic OH excluding ortho intramolecular Hbond substituents is 1. The zero-order chi connectivity index (χ0) is 23.6. The van der Waals surface area contributed by atoms with E-state index in [0.717, 1.165) is 5.56 Å². The summed E-state index contributed by atoms with van der Waals surface area (Å²) in [6, 6.07) is 19.9. The highest BCUT2D eigenvalue weighted by atomic mass is 35.5. The molecule has 3 aromatic rings. The first-order chi connectivity index (χ1) is 15.9. The van der Waals surface area contributed by atoms with Gasteiger partial charge in [-0.25, -0.2) is 9.18 Å². The Bertz CT molecular complexity index is 1030. The van der Waals surface area contributed by atoms with Gasteiger partial charge in [-0.3, -0.25) is 0 Å². The Hall–Kier alpha value is -3.13. The van der Waals surface area contributed by atoms with Crippen LogP contribution in [0.1, 0.15) is 29.7 Å². The van der Waals surface area contributed by atoms with Crippen LogP contribution in [0.5, 0.6) is 11.5 Å². The fraction of sp³-hybridized carbons (Fsp3) is 0.269. The van der Waals surface area contributed by atoms with Gasteiger partial charge in [0, 0.05) is 12.1 Å². The standard InChI is InChI=1S/C26H28FNO5.ClH/c1-18(26(31)21-7-10-22(29)11-8-21)28-14-13-20-9-12-23(15-24(20)27)32-17-25(30)33-16-19-5-3-2-4-6-19;/h2-12,15,18,26,28-29,31H,13-14,16-17H2,1H3;1H/t18-,26+;/m0./s1. The molecule has 0 fully saturated rings. The summed E-state index contributed by atoms with van der Waals surface area (Å²) in [6.07, 6.45) is -0.342. The predicted octanol–water partition coefficient (Wildman–Crippen LogP) is 4.33. The van der Waals surface area contributed by atoms with E-state index in [1.165, 1.54) is 18.2 Å². The van der Waals surface area contributed by atoms with E-state index in [9.17, 15) is 19.4 Å². The molecule has 0 aromatic heterocycles. The van der Waals surface area contributed by atoms with E-state index in [-0.39, 0.29) is 43.2 Å². The van der Waals surface area contributed by atoms with Crippen molar-refractivity contribution in [2.75, 3.05) is 13.2 Å². The number of benzene rings is 3. The van der Waals surface area contributed by atoms with Crippen LogP contribution in [0, 0.1) is 5.82 Å². The summed E-state index contributed by atoms with van der Waals surface area (Å²) in [5, 5.41) is 22.9. The smallest absolute Gasteiger partial charge is 0.344 e. The summed E-state index contributed by atoms with van der Waals surface area (Å²) in [5.41, 5.74) is 2.05. The average molecular weight is 490 g/mol. The monoisotopic (exact) mass is 489 g/mol. The van der Waals surface area contributed by atoms with Gasteiger partial charge in [-0.1, -0.05) is 48.5 Å². The minimum absolute atomic E-state index is 0. The Kier molecular flexibility index (Phi) is 10.8. The van der Waals surface area contributed by atoms with Gasteiger partial charge in [-0.2, -0.15) is 0 Å². The number of aliphatic hydroxyl groups is 1. The molecule has 0 saturated carbocycles. The van der Waals surface area contributed by atoms with Crippen molar-refractivity contribution in [3.63, 3.8) is 0 Å². The lowest BCUT2D eigenvalue weighted by Crippen LogP contribution is -2.33. The summed E-state index contributed by atoms with van der Waals surface area (Å²) in [7, 11) is 0. The first-order valence-corrected chi connectivity index (χ1v) is 10.7. The van der Waals surface area contributed by atoms with Crippen molar-refractivity contribution in [3.8, 4) is 11.5 Å². The van der Waals surface area contributed by atoms with Crippen LogP contribution in [0.25, 0.3) is 0 Å². The second-order valence-electron chi connectivity index (χ2n) is 7.72. The number of hydrogen-bond acceptors (Lipinski definition) is 6. The van der Waals surface area contributed by atoms with Crippen molar-refractivity contribution in [1.82, 2.24) is 5.32 Å². The molecule has 3 rings (SSSR count). The van der Waals surface area contributed by atoms with Gasteiger partial charge in [0.15, 0.2) is 6.61 Å². The summed E-state index contributed by atoms with van der Waals surface area (Å²) < 4.78 is 24.9. The molecule has 34 heavy (non-hydrogen) atoms. The number of aliphatic hydroxyl groups excluding tert-OH is 1. The molecule has 0 unspecified atom stereocenters. The summed E-state index contributed by atoms with van der Waals surface area (Å²) in [4.78, 5) is 11.8. The van der Waals surface area contributed by atoms with Crippen LogP contribution < -0.4 is 10.1 Å². The molecule has 3 N–H and O–H groups in total. The zero-order valence-electron chi connectivity index (χ0n) is 18.8. The molecule has 0 aliphatic carbocycles. The summed E-state index contributed by atoms with van der Waals surface area (Å²) >= 11 is 0. The Balaban J connectivity index is 0.00000408. The number of aromatic hydroxyl groups is 1. The number of carbonyl (C=O) groups is 1. The lowest BCUT2D eigenvalue weighted by Gasteiger charge is -2.21. The van der Waals surface area contributed by atoms with Crippen LogP contribution in [0.2, 0.25) is 0 Å². The molecule has 0 saturated heterocycles. The Morgan fingerprint density at radius 3 is 2.44 bits per heavy atom. The van der Waals surface area contributed by atoms with E-state index in [1.807, 2.05) is 37.3 Å². The zero-order valence-corrected chi connectivity index (χ0v) is 19.6. The van der Waals surface area contributed by atoms with Crippen molar-refractivity contribution >= 4 is 18.4 Å². The number of carbonyl (C=O) groups excluding carboxylic acids is 1. The molecule has 0 spiro atoms. The van der Waals surface area contributed by atoms with Crippen molar-refractivity contribution < 1.29 is 28.9 Å². The van der Waals surface area contributed by atoms with Crippen LogP contribution >= 0.6 is 12.4 Å². The predicted molar refractivity (Wildman–Crippen MR) is 130 cm³/mol. The number of phenols is 1. The number of hydrogen-bond donors (Lipinski definition) is 3. The molecular formula is C26H29ClFNO5. The molecule has 0 radical (unpaired) electrons. The van der Waals surface area contributed by atoms with Gasteiger partial charge in [-0.05, 0) is 54.8 Å². The third-order valence-corrected chi connectivity index (χ3v) is 5.19. The molecule has 0 aliphatic heterocycles. The first-order valence-electron chi connectivity index (χ1n) is 10.7. The minimum atomic E-state index is -0.757. The number of esters is 1. The van der Waals surface area contributed by atoms with E-state index >= 15 is 0 Å². The second-order valence-corrected chi connectivity index (χ2v) is 7.72. The van der Waals surface area contributed by atoms with Crippen molar-refractivity contribution in [2.45, 2.75) is 32.1 Å². The van der Waals surface area contributed by atoms with E-state index in [0.29, 0.717) is 24.1 Å². The highest BCUT2D eigenvalue weighted by molar-refractivity contribution is 5.85. The molecule has 0 heterocycles. The van der Waals surface area contributed by atoms with Gasteiger partial charge in [0.2, 0.25) is 0 Å². The van der Waals surface area contributed by atoms with Crippen LogP contribution in [-0.4, -0.2) is 35.4 Å². The topological polar surface area (TPSA) is 88.0 Å². The largest absolute Gasteiger partial charge is 0.508 e. The van der Waals surface area contributed by atoms with Crippen LogP contribution in [0.4, 0.5) is 4.39 Å². The number of nitrogens with one attached hydrogen (secondary N) is 1. The van der Waals surface area contributed by atoms with Crippen LogP contribution in [-0.2, 0) is 22.6 Å². The molecule has 6 nitrogen and oxygen atoms in total.